The number of carbonyl (C=O) groups is 2. The van der Waals surface area contributed by atoms with Gasteiger partial charge in [-0.1, -0.05) is 147 Å². The minimum absolute atomic E-state index is 0.183. The van der Waals surface area contributed by atoms with Gasteiger partial charge >= 0.3 is 11.9 Å². The summed E-state index contributed by atoms with van der Waals surface area (Å²) in [5, 5.41) is 0. The van der Waals surface area contributed by atoms with Crippen molar-refractivity contribution in [2.75, 3.05) is 13.2 Å². The van der Waals surface area contributed by atoms with Crippen LogP contribution >= 0.6 is 7.82 Å². The predicted octanol–water partition coefficient (Wildman–Crippen LogP) is 10.2. The van der Waals surface area contributed by atoms with E-state index in [9.17, 15) is 19.0 Å². The van der Waals surface area contributed by atoms with Crippen molar-refractivity contribution in [2.45, 2.75) is 187 Å². The van der Waals surface area contributed by atoms with Crippen LogP contribution < -0.4 is 4.89 Å². The molecule has 0 aromatic carbocycles. The normalized spacial score (nSPS) is 13.7. The fraction of sp³-hybridized carbons (Fsp3) is 0.838. The first-order chi connectivity index (χ1) is 22.3. The summed E-state index contributed by atoms with van der Waals surface area (Å²) in [6.45, 7) is 3.54. The maximum Gasteiger partial charge on any atom is 0.306 e. The molecule has 270 valence electrons. The Morgan fingerprint density at radius 2 is 1.02 bits per heavy atom. The Balaban J connectivity index is 3.99. The van der Waals surface area contributed by atoms with Crippen LogP contribution in [0.1, 0.15) is 181 Å². The maximum atomic E-state index is 12.3. The lowest BCUT2D eigenvalue weighted by molar-refractivity contribution is -0.223. The highest BCUT2D eigenvalue weighted by molar-refractivity contribution is 7.44. The number of phosphoric ester groups is 1. The third-order valence-electron chi connectivity index (χ3n) is 7.97. The van der Waals surface area contributed by atoms with E-state index < -0.39 is 32.5 Å². The van der Waals surface area contributed by atoms with E-state index in [1.807, 2.05) is 0 Å². The average molecular weight is 672 g/mol. The van der Waals surface area contributed by atoms with Crippen molar-refractivity contribution >= 4 is 19.8 Å². The van der Waals surface area contributed by atoms with Gasteiger partial charge in [0.05, 0.1) is 6.61 Å². The van der Waals surface area contributed by atoms with Crippen LogP contribution in [0.4, 0.5) is 0 Å². The Morgan fingerprint density at radius 3 is 1.52 bits per heavy atom. The number of phosphoric acid groups is 1. The second kappa shape index (κ2) is 33.4. The van der Waals surface area contributed by atoms with E-state index >= 15 is 0 Å². The molecule has 0 aliphatic heterocycles. The molecular weight excluding hydrogens is 603 g/mol. The zero-order valence-electron chi connectivity index (χ0n) is 29.4. The zero-order chi connectivity index (χ0) is 34.0. The van der Waals surface area contributed by atoms with Crippen molar-refractivity contribution in [3.63, 3.8) is 0 Å². The van der Waals surface area contributed by atoms with Crippen LogP contribution in [-0.4, -0.2) is 36.1 Å². The van der Waals surface area contributed by atoms with E-state index in [4.69, 9.17) is 14.4 Å². The molecule has 0 aromatic heterocycles. The Morgan fingerprint density at radius 1 is 0.609 bits per heavy atom. The highest BCUT2D eigenvalue weighted by Gasteiger charge is 2.19. The van der Waals surface area contributed by atoms with Gasteiger partial charge in [-0.15, -0.1) is 0 Å². The van der Waals surface area contributed by atoms with E-state index in [0.29, 0.717) is 6.42 Å². The number of hydrogen-bond acceptors (Lipinski definition) is 7. The molecule has 2 atom stereocenters. The SMILES string of the molecule is CCCCC/C=C\C/C=C\CCCCCCCC(=O)O[C@H](COC(=O)CCCCCCCCCCCCCCC)COP(=O)([O-])O. The smallest absolute Gasteiger partial charge is 0.306 e. The van der Waals surface area contributed by atoms with E-state index in [1.54, 1.807) is 0 Å². The third-order valence-corrected chi connectivity index (χ3v) is 8.44. The number of ether oxygens (including phenoxy) is 2. The topological polar surface area (TPSA) is 122 Å². The van der Waals surface area contributed by atoms with Gasteiger partial charge in [0, 0.05) is 12.8 Å². The van der Waals surface area contributed by atoms with Crippen LogP contribution in [0, 0.1) is 0 Å². The minimum atomic E-state index is -5.00. The number of hydrogen-bond donors (Lipinski definition) is 1. The number of esters is 2. The monoisotopic (exact) mass is 671 g/mol. The first kappa shape index (κ1) is 44.5. The molecule has 0 fully saturated rings. The van der Waals surface area contributed by atoms with Crippen molar-refractivity contribution in [1.82, 2.24) is 0 Å². The molecule has 0 heterocycles. The van der Waals surface area contributed by atoms with Crippen LogP contribution in [-0.2, 0) is 28.2 Å². The molecule has 0 saturated carbocycles. The molecule has 0 aromatic rings. The zero-order valence-corrected chi connectivity index (χ0v) is 30.3. The van der Waals surface area contributed by atoms with Crippen LogP contribution in [0.25, 0.3) is 0 Å². The molecule has 9 heteroatoms. The van der Waals surface area contributed by atoms with Crippen LogP contribution in [0.3, 0.4) is 0 Å². The fourth-order valence-electron chi connectivity index (χ4n) is 5.16. The number of carbonyl (C=O) groups excluding carboxylic acids is 2. The second-order valence-electron chi connectivity index (χ2n) is 12.5. The lowest BCUT2D eigenvalue weighted by Crippen LogP contribution is -2.30. The Kier molecular flexibility index (Phi) is 32.4. The van der Waals surface area contributed by atoms with Gasteiger partial charge in [-0.25, -0.2) is 0 Å². The molecule has 0 aliphatic carbocycles. The molecule has 46 heavy (non-hydrogen) atoms. The van der Waals surface area contributed by atoms with E-state index in [1.165, 1.54) is 89.9 Å². The molecule has 1 N–H and O–H groups in total. The molecule has 0 aliphatic rings. The van der Waals surface area contributed by atoms with E-state index in [0.717, 1.165) is 57.8 Å². The van der Waals surface area contributed by atoms with Crippen LogP contribution in [0.2, 0.25) is 0 Å². The molecule has 0 saturated heterocycles. The summed E-state index contributed by atoms with van der Waals surface area (Å²) in [7, 11) is -5.00. The lowest BCUT2D eigenvalue weighted by Gasteiger charge is -2.21. The summed E-state index contributed by atoms with van der Waals surface area (Å²) in [6, 6.07) is 0. The molecule has 0 spiro atoms. The highest BCUT2D eigenvalue weighted by Crippen LogP contribution is 2.30. The van der Waals surface area contributed by atoms with Crippen molar-refractivity contribution in [3.05, 3.63) is 24.3 Å². The van der Waals surface area contributed by atoms with Gasteiger partial charge < -0.3 is 23.8 Å². The predicted molar refractivity (Wildman–Crippen MR) is 186 cm³/mol. The van der Waals surface area contributed by atoms with Gasteiger partial charge in [-0.3, -0.25) is 14.2 Å². The van der Waals surface area contributed by atoms with Gasteiger partial charge in [-0.05, 0) is 44.9 Å². The van der Waals surface area contributed by atoms with Gasteiger partial charge in [0.1, 0.15) is 6.61 Å². The highest BCUT2D eigenvalue weighted by atomic mass is 31.2. The van der Waals surface area contributed by atoms with Crippen molar-refractivity contribution < 1.29 is 37.9 Å². The van der Waals surface area contributed by atoms with Crippen LogP contribution in [0.5, 0.6) is 0 Å². The standard InChI is InChI=1S/C37H69O8P/c1-3-5-7-9-11-13-15-17-18-20-22-24-26-28-30-32-37(39)45-35(34-44-46(40,41)42)33-43-36(38)31-29-27-25-23-21-19-16-14-12-10-8-6-4-2/h11,13,17-18,35H,3-10,12,14-16,19-34H2,1-2H3,(H2,40,41,42)/p-1/b13-11-,18-17-/t35-/m1/s1. The van der Waals surface area contributed by atoms with Crippen molar-refractivity contribution in [3.8, 4) is 0 Å². The van der Waals surface area contributed by atoms with Gasteiger partial charge in [0.25, 0.3) is 7.82 Å². The van der Waals surface area contributed by atoms with E-state index in [2.05, 4.69) is 42.7 Å². The molecule has 0 radical (unpaired) electrons. The van der Waals surface area contributed by atoms with E-state index in [-0.39, 0.29) is 19.4 Å². The summed E-state index contributed by atoms with van der Waals surface area (Å²) >= 11 is 0. The van der Waals surface area contributed by atoms with Gasteiger partial charge in [-0.2, -0.15) is 0 Å². The maximum absolute atomic E-state index is 12.3. The van der Waals surface area contributed by atoms with Gasteiger partial charge in [0.15, 0.2) is 6.10 Å². The summed E-state index contributed by atoms with van der Waals surface area (Å²) < 4.78 is 26.0. The molecule has 8 nitrogen and oxygen atoms in total. The van der Waals surface area contributed by atoms with Crippen LogP contribution in [0.15, 0.2) is 24.3 Å². The molecule has 0 rings (SSSR count). The van der Waals surface area contributed by atoms with Crippen molar-refractivity contribution in [2.24, 2.45) is 0 Å². The fourth-order valence-corrected chi connectivity index (χ4v) is 5.52. The number of unbranched alkanes of at least 4 members (excludes halogenated alkanes) is 20. The summed E-state index contributed by atoms with van der Waals surface area (Å²) in [6.07, 6.45) is 35.9. The largest absolute Gasteiger partial charge is 0.756 e. The Labute approximate surface area is 281 Å². The number of allylic oxidation sites excluding steroid dienone is 4. The molecule has 0 amide bonds. The molecule has 0 bridgehead atoms. The average Bonchev–Trinajstić information content (AvgIpc) is 3.02. The minimum Gasteiger partial charge on any atom is -0.756 e. The Bertz CT molecular complexity index is 807. The quantitative estimate of drug-likeness (QED) is 0.0310. The molecular formula is C37H68O8P-. The summed E-state index contributed by atoms with van der Waals surface area (Å²) in [4.78, 5) is 44.5. The third kappa shape index (κ3) is 35.4. The first-order valence-corrected chi connectivity index (χ1v) is 20.1. The first-order valence-electron chi connectivity index (χ1n) is 18.6. The summed E-state index contributed by atoms with van der Waals surface area (Å²) in [5.74, 6) is -0.933. The second-order valence-corrected chi connectivity index (χ2v) is 13.7. The van der Waals surface area contributed by atoms with Gasteiger partial charge in [0.2, 0.25) is 0 Å². The van der Waals surface area contributed by atoms with Crippen molar-refractivity contribution in [1.29, 1.82) is 0 Å². The lowest BCUT2D eigenvalue weighted by atomic mass is 10.0. The Hall–Kier alpha value is -1.47. The molecule has 1 unspecified atom stereocenters. The summed E-state index contributed by atoms with van der Waals surface area (Å²) in [5.41, 5.74) is 0. The number of rotatable bonds is 34.